The van der Waals surface area contributed by atoms with Gasteiger partial charge in [-0.15, -0.1) is 16.6 Å². The van der Waals surface area contributed by atoms with E-state index in [1.54, 1.807) is 0 Å². The molecule has 0 aliphatic rings. The lowest BCUT2D eigenvalue weighted by Crippen LogP contribution is -2.43. The SMILES string of the molecule is CC(C)[Si](C#Cc1ccc2nc(-c3cc(-c4cn5cc(C#C[Si](C(C)C)(C(C)C)C(C)C)ccc5n4)cc(-c4cn5cc(C#C[Si](C(C)C)(C(C)C)C(C)C)ccc5n4)c3)cn2c1)(C(C)C)C(C)C. The third kappa shape index (κ3) is 9.75. The van der Waals surface area contributed by atoms with E-state index < -0.39 is 24.2 Å². The van der Waals surface area contributed by atoms with Crippen molar-refractivity contribution in [3.63, 3.8) is 0 Å². The van der Waals surface area contributed by atoms with Crippen molar-refractivity contribution in [2.45, 2.75) is 174 Å². The first-order valence-electron chi connectivity index (χ1n) is 25.7. The maximum Gasteiger partial charge on any atom is 0.146 e. The Labute approximate surface area is 418 Å². The van der Waals surface area contributed by atoms with Crippen LogP contribution in [-0.4, -0.2) is 52.4 Å². The molecule has 9 heteroatoms. The van der Waals surface area contributed by atoms with Crippen molar-refractivity contribution in [3.8, 4) is 68.2 Å². The normalized spacial score (nSPS) is 12.7. The van der Waals surface area contributed by atoms with Crippen molar-refractivity contribution >= 4 is 41.2 Å². The fourth-order valence-electron chi connectivity index (χ4n) is 12.5. The summed E-state index contributed by atoms with van der Waals surface area (Å²) in [5.74, 6) is 11.0. The molecule has 0 amide bonds. The van der Waals surface area contributed by atoms with Crippen LogP contribution >= 0.6 is 0 Å². The Hall–Kier alpha value is -5.38. The van der Waals surface area contributed by atoms with E-state index in [1.165, 1.54) is 0 Å². The Morgan fingerprint density at radius 3 is 0.739 bits per heavy atom. The summed E-state index contributed by atoms with van der Waals surface area (Å²) in [7, 11) is -5.69. The van der Waals surface area contributed by atoms with Crippen molar-refractivity contribution in [1.29, 1.82) is 0 Å². The molecule has 0 N–H and O–H groups in total. The summed E-state index contributed by atoms with van der Waals surface area (Å²) >= 11 is 0. The maximum absolute atomic E-state index is 5.20. The van der Waals surface area contributed by atoms with Crippen molar-refractivity contribution in [3.05, 3.63) is 108 Å². The second-order valence-electron chi connectivity index (χ2n) is 22.7. The van der Waals surface area contributed by atoms with Gasteiger partial charge in [0, 0.05) is 70.6 Å². The van der Waals surface area contributed by atoms with Crippen molar-refractivity contribution in [2.24, 2.45) is 0 Å². The van der Waals surface area contributed by atoms with Crippen LogP contribution < -0.4 is 0 Å². The Balaban J connectivity index is 1.34. The first kappa shape index (κ1) is 51.5. The van der Waals surface area contributed by atoms with Gasteiger partial charge < -0.3 is 13.2 Å². The molecule has 0 aliphatic carbocycles. The second-order valence-corrected chi connectivity index (χ2v) is 39.4. The van der Waals surface area contributed by atoms with Gasteiger partial charge in [-0.05, 0) is 104 Å². The van der Waals surface area contributed by atoms with Crippen LogP contribution in [0.5, 0.6) is 0 Å². The fraction of sp³-hybridized carbons (Fsp3) is 0.450. The Bertz CT molecular complexity index is 2760. The first-order valence-corrected chi connectivity index (χ1v) is 32.4. The molecule has 0 fully saturated rings. The number of aromatic nitrogens is 6. The number of pyridine rings is 3. The minimum Gasteiger partial charge on any atom is -0.305 e. The van der Waals surface area contributed by atoms with Gasteiger partial charge in [-0.25, -0.2) is 15.0 Å². The Kier molecular flexibility index (Phi) is 15.0. The van der Waals surface area contributed by atoms with Gasteiger partial charge in [-0.3, -0.25) is 0 Å². The van der Waals surface area contributed by atoms with Crippen LogP contribution in [0.3, 0.4) is 0 Å². The molecule has 0 atom stereocenters. The van der Waals surface area contributed by atoms with Gasteiger partial charge in [0.05, 0.1) is 17.1 Å². The van der Waals surface area contributed by atoms with Crippen molar-refractivity contribution < 1.29 is 0 Å². The highest BCUT2D eigenvalue weighted by molar-refractivity contribution is 6.91. The number of hydrogen-bond donors (Lipinski definition) is 0. The molecule has 6 heterocycles. The maximum atomic E-state index is 5.20. The molecule has 6 nitrogen and oxygen atoms in total. The quantitative estimate of drug-likeness (QED) is 0.0906. The minimum absolute atomic E-state index is 0.569. The molecule has 6 aromatic heterocycles. The smallest absolute Gasteiger partial charge is 0.146 e. The van der Waals surface area contributed by atoms with E-state index in [9.17, 15) is 0 Å². The summed E-state index contributed by atoms with van der Waals surface area (Å²) in [6.45, 7) is 42.6. The molecule has 1 aromatic carbocycles. The molecule has 7 aromatic rings. The van der Waals surface area contributed by atoms with Crippen LogP contribution in [0.4, 0.5) is 0 Å². The summed E-state index contributed by atoms with van der Waals surface area (Å²) in [6.07, 6.45) is 12.8. The van der Waals surface area contributed by atoms with Gasteiger partial charge in [0.2, 0.25) is 0 Å². The number of nitrogens with zero attached hydrogens (tertiary/aromatic N) is 6. The largest absolute Gasteiger partial charge is 0.305 e. The van der Waals surface area contributed by atoms with Crippen molar-refractivity contribution in [1.82, 2.24) is 28.2 Å². The molecule has 0 bridgehead atoms. The molecule has 0 aliphatic heterocycles. The van der Waals surface area contributed by atoms with Gasteiger partial charge in [-0.1, -0.05) is 142 Å². The monoisotopic (exact) mass is 967 g/mol. The highest BCUT2D eigenvalue weighted by atomic mass is 28.3. The van der Waals surface area contributed by atoms with E-state index in [4.69, 9.17) is 15.0 Å². The third-order valence-electron chi connectivity index (χ3n) is 16.0. The highest BCUT2D eigenvalue weighted by Gasteiger charge is 2.43. The van der Waals surface area contributed by atoms with Crippen LogP contribution in [-0.2, 0) is 0 Å². The summed E-state index contributed by atoms with van der Waals surface area (Å²) in [5.41, 5.74) is 28.1. The summed E-state index contributed by atoms with van der Waals surface area (Å²) in [6, 6.07) is 19.3. The second kappa shape index (κ2) is 20.2. The van der Waals surface area contributed by atoms with Crippen LogP contribution in [0.2, 0.25) is 49.9 Å². The molecular weight excluding hydrogens is 889 g/mol. The summed E-state index contributed by atoms with van der Waals surface area (Å²) in [5, 5.41) is 0. The van der Waals surface area contributed by atoms with Gasteiger partial charge in [-0.2, -0.15) is 0 Å². The molecule has 0 unspecified atom stereocenters. The average molecular weight is 968 g/mol. The number of imidazole rings is 3. The summed E-state index contributed by atoms with van der Waals surface area (Å²) in [4.78, 5) is 15.6. The van der Waals surface area contributed by atoms with E-state index in [0.717, 1.165) is 67.4 Å². The number of fused-ring (bicyclic) bond motifs is 3. The van der Waals surface area contributed by atoms with E-state index in [2.05, 4.69) is 264 Å². The standard InChI is InChI=1S/C60H78N6Si3/c1-40(2)67(41(3)4,42(5)6)28-25-49-19-22-58-61-55(37-64(58)34-49)52-31-53(56-38-65-35-50(20-23-59(65)62-56)26-29-68(43(7)8,44(9)10)45(11)12)33-54(32-52)57-39-66-36-51(21-24-60(66)63-57)27-30-69(46(13)14,47(15)16)48(17)18/h19-24,31-48H,1-18H3. The van der Waals surface area contributed by atoms with Crippen LogP contribution in [0, 0.1) is 34.4 Å². The molecule has 0 radical (unpaired) electrons. The highest BCUT2D eigenvalue weighted by Crippen LogP contribution is 2.43. The fourth-order valence-corrected chi connectivity index (χ4v) is 28.2. The van der Waals surface area contributed by atoms with Crippen LogP contribution in [0.25, 0.3) is 50.7 Å². The zero-order valence-corrected chi connectivity index (χ0v) is 48.0. The lowest BCUT2D eigenvalue weighted by molar-refractivity contribution is 0.838. The minimum atomic E-state index is -1.90. The number of benzene rings is 1. The topological polar surface area (TPSA) is 51.9 Å². The zero-order chi connectivity index (χ0) is 50.3. The van der Waals surface area contributed by atoms with Crippen LogP contribution in [0.1, 0.15) is 141 Å². The number of hydrogen-bond acceptors (Lipinski definition) is 3. The zero-order valence-electron chi connectivity index (χ0n) is 45.0. The van der Waals surface area contributed by atoms with E-state index >= 15 is 0 Å². The lowest BCUT2D eigenvalue weighted by Gasteiger charge is -2.38. The van der Waals surface area contributed by atoms with Crippen molar-refractivity contribution in [2.75, 3.05) is 0 Å². The van der Waals surface area contributed by atoms with Gasteiger partial charge in [0.1, 0.15) is 41.2 Å². The van der Waals surface area contributed by atoms with E-state index in [1.807, 2.05) is 0 Å². The molecule has 0 spiro atoms. The number of rotatable bonds is 12. The Morgan fingerprint density at radius 1 is 0.319 bits per heavy atom. The van der Waals surface area contributed by atoms with Crippen LogP contribution in [0.15, 0.2) is 91.8 Å². The molecule has 0 saturated carbocycles. The molecular formula is C60H78N6Si3. The van der Waals surface area contributed by atoms with Gasteiger partial charge >= 0.3 is 0 Å². The van der Waals surface area contributed by atoms with Gasteiger partial charge in [0.15, 0.2) is 0 Å². The molecule has 69 heavy (non-hydrogen) atoms. The van der Waals surface area contributed by atoms with Gasteiger partial charge in [0.25, 0.3) is 0 Å². The molecule has 360 valence electrons. The summed E-state index contributed by atoms with van der Waals surface area (Å²) < 4.78 is 6.38. The average Bonchev–Trinajstić information content (AvgIpc) is 4.02. The molecule has 0 saturated heterocycles. The predicted molar refractivity (Wildman–Crippen MR) is 303 cm³/mol. The molecule has 7 rings (SSSR count). The lowest BCUT2D eigenvalue weighted by atomic mass is 10.0. The third-order valence-corrected chi connectivity index (χ3v) is 34.9. The first-order chi connectivity index (χ1) is 32.5. The van der Waals surface area contributed by atoms with E-state index in [0.29, 0.717) is 49.9 Å². The predicted octanol–water partition coefficient (Wildman–Crippen LogP) is 16.3. The Morgan fingerprint density at radius 2 is 0.536 bits per heavy atom. The van der Waals surface area contributed by atoms with E-state index in [-0.39, 0.29) is 0 Å².